The van der Waals surface area contributed by atoms with Gasteiger partial charge in [-0.2, -0.15) is 0 Å². The molecule has 292 valence electrons. The molecule has 4 atom stereocenters. The first-order valence-corrected chi connectivity index (χ1v) is 20.7. The average molecular weight is 840 g/mol. The van der Waals surface area contributed by atoms with E-state index in [1.54, 1.807) is 12.1 Å². The Morgan fingerprint density at radius 2 is 1.28 bits per heavy atom. The van der Waals surface area contributed by atoms with Crippen LogP contribution in [-0.2, 0) is 14.4 Å². The molecule has 0 amide bonds. The van der Waals surface area contributed by atoms with Crippen molar-refractivity contribution in [2.75, 3.05) is 13.1 Å². The van der Waals surface area contributed by atoms with Crippen molar-refractivity contribution in [2.45, 2.75) is 69.8 Å². The van der Waals surface area contributed by atoms with Gasteiger partial charge in [0.2, 0.25) is 5.60 Å². The molecule has 5 aromatic rings. The largest absolute Gasteiger partial charge is 0.422 e. The molecule has 0 unspecified atom stereocenters. The molecule has 0 saturated carbocycles. The van der Waals surface area contributed by atoms with E-state index in [1.807, 2.05) is 48.5 Å². The van der Waals surface area contributed by atoms with Gasteiger partial charge in [0.1, 0.15) is 0 Å². The minimum Gasteiger partial charge on any atom is -0.422 e. The molecule has 0 N–H and O–H groups in total. The summed E-state index contributed by atoms with van der Waals surface area (Å²) in [4.78, 5) is 16.2. The zero-order valence-electron chi connectivity index (χ0n) is 32.3. The molecule has 0 bridgehead atoms. The highest BCUT2D eigenvalue weighted by Crippen LogP contribution is 2.58. The van der Waals surface area contributed by atoms with Crippen LogP contribution in [0, 0.1) is 0 Å². The molecule has 8 rings (SSSR count). The fourth-order valence-corrected chi connectivity index (χ4v) is 9.11. The van der Waals surface area contributed by atoms with Gasteiger partial charge in [-0.05, 0) is 94.2 Å². The lowest BCUT2D eigenvalue weighted by molar-refractivity contribution is -0.279. The Morgan fingerprint density at radius 1 is 0.667 bits per heavy atom. The van der Waals surface area contributed by atoms with Gasteiger partial charge in [-0.3, -0.25) is 4.90 Å². The molecule has 57 heavy (non-hydrogen) atoms. The Labute approximate surface area is 354 Å². The molecule has 5 aromatic carbocycles. The van der Waals surface area contributed by atoms with Gasteiger partial charge in [-0.1, -0.05) is 158 Å². The maximum absolute atomic E-state index is 7.24. The molecule has 0 radical (unpaired) electrons. The number of benzene rings is 5. The first-order valence-electron chi connectivity index (χ1n) is 19.2. The van der Waals surface area contributed by atoms with E-state index in [-0.39, 0.29) is 6.04 Å². The maximum Gasteiger partial charge on any atom is 0.346 e. The lowest BCUT2D eigenvalue weighted by atomic mass is 9.68. The molecule has 2 spiro atoms. The van der Waals surface area contributed by atoms with Crippen molar-refractivity contribution in [2.24, 2.45) is 10.3 Å². The van der Waals surface area contributed by atoms with Gasteiger partial charge in [0, 0.05) is 49.4 Å². The normalized spacial score (nSPS) is 23.1. The van der Waals surface area contributed by atoms with E-state index in [0.717, 1.165) is 33.4 Å². The van der Waals surface area contributed by atoms with E-state index in [2.05, 4.69) is 100 Å². The lowest BCUT2D eigenvalue weighted by Gasteiger charge is -2.52. The van der Waals surface area contributed by atoms with Gasteiger partial charge in [0.15, 0.2) is 0 Å². The van der Waals surface area contributed by atoms with Crippen molar-refractivity contribution >= 4 is 64.1 Å². The number of fused-ring (bicyclic) bond motifs is 1. The number of oxime groups is 2. The average Bonchev–Trinajstić information content (AvgIpc) is 3.82. The van der Waals surface area contributed by atoms with Crippen LogP contribution in [0.3, 0.4) is 0 Å². The fourth-order valence-electron chi connectivity index (χ4n) is 8.13. The summed E-state index contributed by atoms with van der Waals surface area (Å²) in [6.07, 6.45) is 2.00. The smallest absolute Gasteiger partial charge is 0.346 e. The first kappa shape index (κ1) is 39.5. The number of hydrogen-bond donors (Lipinski definition) is 0. The van der Waals surface area contributed by atoms with Crippen LogP contribution in [0.2, 0.25) is 20.1 Å². The summed E-state index contributed by atoms with van der Waals surface area (Å²) in [5.74, 6) is -1.28. The van der Waals surface area contributed by atoms with Crippen molar-refractivity contribution < 1.29 is 14.4 Å². The summed E-state index contributed by atoms with van der Waals surface area (Å²) < 4.78 is 7.24. The lowest BCUT2D eigenvalue weighted by Crippen LogP contribution is -2.70. The standard InChI is InChI=1S/C47H43Cl4N3O3/c1-28(2)31-11-15-34(16-12-31)44-43(40-22-21-39(49)25-42(40)51)46(56-52-44)27-54(30(5)33-9-7-6-8-10-33)26-37(23-36-19-20-38(48)24-41(36)50)47(46)55-45(53-57-47)35-17-13-32(14-18-35)29(3)4/h6-25,28-30,43H,26-27H2,1-5H3/b37-23+/t30-,43-,46-,47+/m1/s1. The topological polar surface area (TPSA) is 55.7 Å². The Morgan fingerprint density at radius 3 is 1.89 bits per heavy atom. The number of rotatable bonds is 8. The summed E-state index contributed by atoms with van der Waals surface area (Å²) in [6, 6.07) is 37.9. The third kappa shape index (κ3) is 7.25. The van der Waals surface area contributed by atoms with Gasteiger partial charge in [0.05, 0.1) is 18.2 Å². The fraction of sp³-hybridized carbons (Fsp3) is 0.277. The number of piperidine rings is 1. The molecule has 0 aromatic heterocycles. The molecular formula is C47H43Cl4N3O3. The molecule has 3 heterocycles. The Balaban J connectivity index is 1.37. The highest BCUT2D eigenvalue weighted by Gasteiger charge is 2.74. The highest BCUT2D eigenvalue weighted by atomic mass is 35.5. The summed E-state index contributed by atoms with van der Waals surface area (Å²) in [6.45, 7) is 11.6. The number of halogens is 4. The predicted octanol–water partition coefficient (Wildman–Crippen LogP) is 13.1. The number of ether oxygens (including phenoxy) is 1. The minimum absolute atomic E-state index is 0.0748. The molecule has 6 nitrogen and oxygen atoms in total. The molecule has 0 aliphatic carbocycles. The minimum atomic E-state index is -1.66. The van der Waals surface area contributed by atoms with Crippen LogP contribution in [0.25, 0.3) is 6.08 Å². The van der Waals surface area contributed by atoms with Gasteiger partial charge in [0.25, 0.3) is 5.90 Å². The van der Waals surface area contributed by atoms with Crippen LogP contribution in [-0.4, -0.2) is 41.0 Å². The predicted molar refractivity (Wildman–Crippen MR) is 233 cm³/mol. The van der Waals surface area contributed by atoms with E-state index in [0.29, 0.717) is 56.6 Å². The second kappa shape index (κ2) is 15.8. The summed E-state index contributed by atoms with van der Waals surface area (Å²) in [7, 11) is 0. The van der Waals surface area contributed by atoms with Gasteiger partial charge < -0.3 is 14.4 Å². The molecule has 1 saturated heterocycles. The summed E-state index contributed by atoms with van der Waals surface area (Å²) in [5, 5.41) is 11.7. The van der Waals surface area contributed by atoms with E-state index < -0.39 is 17.3 Å². The van der Waals surface area contributed by atoms with Crippen molar-refractivity contribution in [1.82, 2.24) is 4.90 Å². The van der Waals surface area contributed by atoms with E-state index in [1.165, 1.54) is 11.1 Å². The molecule has 3 aliphatic rings. The van der Waals surface area contributed by atoms with Gasteiger partial charge in [-0.25, -0.2) is 0 Å². The number of hydrogen-bond acceptors (Lipinski definition) is 6. The molecular weight excluding hydrogens is 796 g/mol. The van der Waals surface area contributed by atoms with Crippen molar-refractivity contribution in [3.05, 3.63) is 180 Å². The van der Waals surface area contributed by atoms with E-state index in [4.69, 9.17) is 71.1 Å². The zero-order valence-corrected chi connectivity index (χ0v) is 35.4. The Kier molecular flexibility index (Phi) is 11.0. The van der Waals surface area contributed by atoms with E-state index >= 15 is 0 Å². The highest BCUT2D eigenvalue weighted by molar-refractivity contribution is 6.36. The van der Waals surface area contributed by atoms with Crippen LogP contribution in [0.4, 0.5) is 0 Å². The van der Waals surface area contributed by atoms with Crippen molar-refractivity contribution in [1.29, 1.82) is 0 Å². The monoisotopic (exact) mass is 837 g/mol. The van der Waals surface area contributed by atoms with Gasteiger partial charge >= 0.3 is 5.79 Å². The maximum atomic E-state index is 7.24. The second-order valence-electron chi connectivity index (χ2n) is 15.6. The quantitative estimate of drug-likeness (QED) is 0.156. The van der Waals surface area contributed by atoms with E-state index in [9.17, 15) is 0 Å². The second-order valence-corrected chi connectivity index (χ2v) is 17.3. The van der Waals surface area contributed by atoms with Crippen molar-refractivity contribution in [3.8, 4) is 0 Å². The van der Waals surface area contributed by atoms with Crippen LogP contribution in [0.1, 0.15) is 97.4 Å². The van der Waals surface area contributed by atoms with Gasteiger partial charge in [-0.15, -0.1) is 0 Å². The Bertz CT molecular complexity index is 2380. The molecule has 10 heteroatoms. The van der Waals surface area contributed by atoms with Crippen LogP contribution in [0.5, 0.6) is 0 Å². The number of likely N-dealkylation sites (tertiary alicyclic amines) is 1. The van der Waals surface area contributed by atoms with Crippen LogP contribution in [0.15, 0.2) is 131 Å². The molecule has 3 aliphatic heterocycles. The summed E-state index contributed by atoms with van der Waals surface area (Å²) >= 11 is 27.1. The zero-order chi connectivity index (χ0) is 40.1. The van der Waals surface area contributed by atoms with Crippen molar-refractivity contribution in [3.63, 3.8) is 0 Å². The first-order chi connectivity index (χ1) is 27.4. The molecule has 1 fully saturated rings. The third-order valence-electron chi connectivity index (χ3n) is 11.4. The van der Waals surface area contributed by atoms with Crippen LogP contribution >= 0.6 is 46.4 Å². The van der Waals surface area contributed by atoms with Crippen LogP contribution < -0.4 is 0 Å². The third-order valence-corrected chi connectivity index (χ3v) is 12.6. The number of nitrogens with zero attached hydrogens (tertiary/aromatic N) is 3. The Hall–Kier alpha value is -4.30. The summed E-state index contributed by atoms with van der Waals surface area (Å²) in [5.41, 5.74) is 6.65. The SMILES string of the molecule is CC(C)c1ccc(C2=NO[C@@]3(O2)/C(=C/c2ccc(Cl)cc2Cl)CN([C@H](C)c2ccccc2)C[C@]32ON=C(c3ccc(C(C)C)cc3)[C@H]2c2ccc(Cl)cc2Cl)cc1.